The summed E-state index contributed by atoms with van der Waals surface area (Å²) in [5, 5.41) is 14.9. The zero-order valence-corrected chi connectivity index (χ0v) is 16.2. The molecule has 28 heavy (non-hydrogen) atoms. The summed E-state index contributed by atoms with van der Waals surface area (Å²) >= 11 is 0. The maximum atomic E-state index is 13.2. The van der Waals surface area contributed by atoms with Gasteiger partial charge in [-0.05, 0) is 86.1 Å². The zero-order valence-electron chi connectivity index (χ0n) is 16.2. The summed E-state index contributed by atoms with van der Waals surface area (Å²) in [7, 11) is 0. The number of carbonyl (C=O) groups is 1. The van der Waals surface area contributed by atoms with Crippen molar-refractivity contribution in [2.75, 3.05) is 5.32 Å². The molecule has 4 saturated carbocycles. The summed E-state index contributed by atoms with van der Waals surface area (Å²) in [6.45, 7) is 0.256. The molecule has 6 rings (SSSR count). The molecule has 4 bridgehead atoms. The van der Waals surface area contributed by atoms with Crippen molar-refractivity contribution in [1.82, 2.24) is 5.06 Å². The Labute approximate surface area is 166 Å². The lowest BCUT2D eigenvalue weighted by atomic mass is 9.49. The molecule has 2 aromatic rings. The molecule has 4 aliphatic rings. The van der Waals surface area contributed by atoms with Crippen LogP contribution < -0.4 is 5.32 Å². The highest BCUT2D eigenvalue weighted by molar-refractivity contribution is 5.82. The number of rotatable bonds is 5. The molecule has 4 nitrogen and oxygen atoms in total. The summed E-state index contributed by atoms with van der Waals surface area (Å²) in [5.41, 5.74) is 2.68. The molecule has 4 heteroatoms. The van der Waals surface area contributed by atoms with Gasteiger partial charge in [-0.1, -0.05) is 30.3 Å². The molecule has 0 spiro atoms. The first kappa shape index (κ1) is 17.7. The van der Waals surface area contributed by atoms with Crippen LogP contribution in [0.3, 0.4) is 0 Å². The van der Waals surface area contributed by atoms with E-state index in [1.54, 1.807) is 0 Å². The molecule has 0 saturated heterocycles. The maximum Gasteiger partial charge on any atom is 0.252 e. The minimum Gasteiger partial charge on any atom is -0.356 e. The van der Waals surface area contributed by atoms with E-state index in [1.165, 1.54) is 19.3 Å². The number of carbonyl (C=O) groups excluding carboxylic acids is 1. The van der Waals surface area contributed by atoms with Crippen molar-refractivity contribution in [2.24, 2.45) is 23.2 Å². The normalized spacial score (nSPS) is 30.2. The monoisotopic (exact) mass is 376 g/mol. The van der Waals surface area contributed by atoms with Crippen molar-refractivity contribution in [3.05, 3.63) is 60.2 Å². The van der Waals surface area contributed by atoms with Gasteiger partial charge < -0.3 is 5.32 Å². The number of nitrogens with zero attached hydrogens (tertiary/aromatic N) is 1. The van der Waals surface area contributed by atoms with E-state index in [9.17, 15) is 10.0 Å². The molecule has 1 amide bonds. The Balaban J connectivity index is 1.24. The Kier molecular flexibility index (Phi) is 4.39. The van der Waals surface area contributed by atoms with Crippen LogP contribution in [0.25, 0.3) is 0 Å². The SMILES string of the molecule is O=C(N(O)Cc1ccc(Nc2ccccc2)cc1)C12CC3CC(CC(C3)C1)C2. The Hall–Kier alpha value is -2.33. The van der Waals surface area contributed by atoms with Gasteiger partial charge in [0.15, 0.2) is 0 Å². The van der Waals surface area contributed by atoms with Gasteiger partial charge in [0.25, 0.3) is 5.91 Å². The molecule has 146 valence electrons. The summed E-state index contributed by atoms with van der Waals surface area (Å²) < 4.78 is 0. The van der Waals surface area contributed by atoms with Crippen LogP contribution in [0, 0.1) is 23.2 Å². The van der Waals surface area contributed by atoms with Gasteiger partial charge in [-0.2, -0.15) is 0 Å². The third kappa shape index (κ3) is 3.30. The first-order valence-electron chi connectivity index (χ1n) is 10.5. The number of hydrogen-bond acceptors (Lipinski definition) is 3. The van der Waals surface area contributed by atoms with E-state index in [2.05, 4.69) is 5.32 Å². The molecule has 0 unspecified atom stereocenters. The van der Waals surface area contributed by atoms with E-state index in [0.717, 1.165) is 41.3 Å². The molecular weight excluding hydrogens is 348 g/mol. The largest absolute Gasteiger partial charge is 0.356 e. The van der Waals surface area contributed by atoms with Crippen LogP contribution in [0.1, 0.15) is 44.1 Å². The van der Waals surface area contributed by atoms with E-state index < -0.39 is 0 Å². The molecule has 0 heterocycles. The van der Waals surface area contributed by atoms with E-state index in [4.69, 9.17) is 0 Å². The number of para-hydroxylation sites is 1. The fourth-order valence-corrected chi connectivity index (χ4v) is 6.27. The predicted octanol–water partition coefficient (Wildman–Crippen LogP) is 5.36. The van der Waals surface area contributed by atoms with Crippen molar-refractivity contribution >= 4 is 17.3 Å². The lowest BCUT2D eigenvalue weighted by Gasteiger charge is -2.56. The number of hydroxylamine groups is 2. The second-order valence-electron chi connectivity index (χ2n) is 9.25. The lowest BCUT2D eigenvalue weighted by Crippen LogP contribution is -2.53. The molecule has 0 aliphatic heterocycles. The van der Waals surface area contributed by atoms with Gasteiger partial charge in [0.2, 0.25) is 0 Å². The Morgan fingerprint density at radius 1 is 0.893 bits per heavy atom. The van der Waals surface area contributed by atoms with Crippen molar-refractivity contribution in [1.29, 1.82) is 0 Å². The van der Waals surface area contributed by atoms with Gasteiger partial charge in [0.05, 0.1) is 12.0 Å². The average molecular weight is 377 g/mol. The maximum absolute atomic E-state index is 13.2. The second-order valence-corrected chi connectivity index (χ2v) is 9.25. The Bertz CT molecular complexity index is 811. The number of benzene rings is 2. The lowest BCUT2D eigenvalue weighted by molar-refractivity contribution is -0.193. The number of nitrogens with one attached hydrogen (secondary N) is 1. The highest BCUT2D eigenvalue weighted by Gasteiger charge is 2.55. The van der Waals surface area contributed by atoms with E-state index in [-0.39, 0.29) is 17.9 Å². The molecule has 4 aliphatic carbocycles. The molecule has 0 radical (unpaired) electrons. The fraction of sp³-hybridized carbons (Fsp3) is 0.458. The quantitative estimate of drug-likeness (QED) is 0.545. The summed E-state index contributed by atoms with van der Waals surface area (Å²) in [6.07, 6.45) is 6.84. The van der Waals surface area contributed by atoms with Crippen molar-refractivity contribution in [2.45, 2.75) is 45.1 Å². The molecule has 2 aromatic carbocycles. The summed E-state index contributed by atoms with van der Waals surface area (Å²) in [4.78, 5) is 13.2. The van der Waals surface area contributed by atoms with E-state index in [1.807, 2.05) is 54.6 Å². The highest BCUT2D eigenvalue weighted by Crippen LogP contribution is 2.60. The van der Waals surface area contributed by atoms with Crippen molar-refractivity contribution < 1.29 is 10.0 Å². The predicted molar refractivity (Wildman–Crippen MR) is 109 cm³/mol. The molecule has 0 atom stereocenters. The third-order valence-electron chi connectivity index (χ3n) is 7.08. The minimum atomic E-state index is -0.293. The van der Waals surface area contributed by atoms with Crippen molar-refractivity contribution in [3.63, 3.8) is 0 Å². The summed E-state index contributed by atoms with van der Waals surface area (Å²) in [6, 6.07) is 18.0. The number of hydrogen-bond donors (Lipinski definition) is 2. The fourth-order valence-electron chi connectivity index (χ4n) is 6.27. The van der Waals surface area contributed by atoms with Crippen LogP contribution >= 0.6 is 0 Å². The smallest absolute Gasteiger partial charge is 0.252 e. The van der Waals surface area contributed by atoms with Crippen molar-refractivity contribution in [3.8, 4) is 0 Å². The van der Waals surface area contributed by atoms with Gasteiger partial charge in [-0.25, -0.2) is 5.06 Å². The average Bonchev–Trinajstić information content (AvgIpc) is 2.68. The van der Waals surface area contributed by atoms with E-state index >= 15 is 0 Å². The van der Waals surface area contributed by atoms with Gasteiger partial charge in [0.1, 0.15) is 0 Å². The van der Waals surface area contributed by atoms with Crippen LogP contribution in [-0.4, -0.2) is 16.2 Å². The highest BCUT2D eigenvalue weighted by atomic mass is 16.5. The Morgan fingerprint density at radius 3 is 2.00 bits per heavy atom. The summed E-state index contributed by atoms with van der Waals surface area (Å²) in [5.74, 6) is 2.06. The van der Waals surface area contributed by atoms with E-state index in [0.29, 0.717) is 17.8 Å². The van der Waals surface area contributed by atoms with Gasteiger partial charge >= 0.3 is 0 Å². The molecule has 4 fully saturated rings. The minimum absolute atomic E-state index is 0.0434. The van der Waals surface area contributed by atoms with Crippen LogP contribution in [0.2, 0.25) is 0 Å². The first-order chi connectivity index (χ1) is 13.6. The van der Waals surface area contributed by atoms with Crippen LogP contribution in [0.4, 0.5) is 11.4 Å². The zero-order chi connectivity index (χ0) is 19.1. The second kappa shape index (κ2) is 6.93. The molecular formula is C24H28N2O2. The molecule has 0 aromatic heterocycles. The van der Waals surface area contributed by atoms with Gasteiger partial charge in [0, 0.05) is 11.4 Å². The number of amides is 1. The standard InChI is InChI=1S/C24H28N2O2/c27-23(24-13-18-10-19(14-24)12-20(11-18)15-24)26(28)16-17-6-8-22(9-7-17)25-21-4-2-1-3-5-21/h1-9,18-20,25,28H,10-16H2. The topological polar surface area (TPSA) is 52.6 Å². The first-order valence-corrected chi connectivity index (χ1v) is 10.5. The van der Waals surface area contributed by atoms with Gasteiger partial charge in [-0.3, -0.25) is 10.0 Å². The third-order valence-corrected chi connectivity index (χ3v) is 7.08. The number of anilines is 2. The van der Waals surface area contributed by atoms with Gasteiger partial charge in [-0.15, -0.1) is 0 Å². The van der Waals surface area contributed by atoms with Crippen LogP contribution in [0.15, 0.2) is 54.6 Å². The Morgan fingerprint density at radius 2 is 1.43 bits per heavy atom. The van der Waals surface area contributed by atoms with Crippen LogP contribution in [0.5, 0.6) is 0 Å². The van der Waals surface area contributed by atoms with Crippen LogP contribution in [-0.2, 0) is 11.3 Å². The molecule has 2 N–H and O–H groups in total.